The number of aryl methyl sites for hydroxylation is 1. The van der Waals surface area contributed by atoms with Gasteiger partial charge in [0.2, 0.25) is 0 Å². The fraction of sp³-hybridized carbons (Fsp3) is 0.714. The van der Waals surface area contributed by atoms with Crippen molar-refractivity contribution in [3.8, 4) is 0 Å². The molecule has 2 N–H and O–H groups in total. The van der Waals surface area contributed by atoms with E-state index in [-0.39, 0.29) is 11.6 Å². The first-order valence-electron chi connectivity index (χ1n) is 6.44. The van der Waals surface area contributed by atoms with Gasteiger partial charge in [0, 0.05) is 16.9 Å². The lowest BCUT2D eigenvalue weighted by molar-refractivity contribution is -0.0664. The van der Waals surface area contributed by atoms with Crippen molar-refractivity contribution in [2.24, 2.45) is 11.7 Å². The Kier molecular flexibility index (Phi) is 3.91. The van der Waals surface area contributed by atoms with Crippen LogP contribution in [0.3, 0.4) is 0 Å². The summed E-state index contributed by atoms with van der Waals surface area (Å²) in [5, 5.41) is 0. The molecule has 0 amide bonds. The summed E-state index contributed by atoms with van der Waals surface area (Å²) in [6.07, 6.45) is 4.63. The highest BCUT2D eigenvalue weighted by Crippen LogP contribution is 2.43. The standard InChI is InChI=1S/C14H23NOS/c1-10-6-8-14(16-3,9-7-10)13(15)12-5-4-11(2)17-12/h4-5,10,13H,6-9,15H2,1-3H3. The summed E-state index contributed by atoms with van der Waals surface area (Å²) in [7, 11) is 1.82. The van der Waals surface area contributed by atoms with Crippen LogP contribution in [0.5, 0.6) is 0 Å². The Labute approximate surface area is 108 Å². The average Bonchev–Trinajstić information content (AvgIpc) is 2.76. The summed E-state index contributed by atoms with van der Waals surface area (Å²) < 4.78 is 5.83. The largest absolute Gasteiger partial charge is 0.376 e. The maximum atomic E-state index is 6.46. The van der Waals surface area contributed by atoms with Gasteiger partial charge in [0.05, 0.1) is 11.6 Å². The maximum absolute atomic E-state index is 6.46. The van der Waals surface area contributed by atoms with Gasteiger partial charge in [0.1, 0.15) is 0 Å². The molecule has 1 unspecified atom stereocenters. The normalized spacial score (nSPS) is 31.4. The molecule has 96 valence electrons. The van der Waals surface area contributed by atoms with Crippen LogP contribution in [0.2, 0.25) is 0 Å². The van der Waals surface area contributed by atoms with Crippen molar-refractivity contribution in [3.05, 3.63) is 21.9 Å². The van der Waals surface area contributed by atoms with E-state index in [0.717, 1.165) is 18.8 Å². The van der Waals surface area contributed by atoms with Crippen LogP contribution >= 0.6 is 11.3 Å². The van der Waals surface area contributed by atoms with Crippen LogP contribution < -0.4 is 5.73 Å². The molecule has 1 aliphatic rings. The Morgan fingerprint density at radius 2 is 2.06 bits per heavy atom. The number of thiophene rings is 1. The lowest BCUT2D eigenvalue weighted by atomic mass is 9.75. The van der Waals surface area contributed by atoms with Crippen molar-refractivity contribution in [2.75, 3.05) is 7.11 Å². The van der Waals surface area contributed by atoms with Gasteiger partial charge in [-0.05, 0) is 50.7 Å². The van der Waals surface area contributed by atoms with Gasteiger partial charge in [-0.25, -0.2) is 0 Å². The van der Waals surface area contributed by atoms with Crippen molar-refractivity contribution in [1.29, 1.82) is 0 Å². The van der Waals surface area contributed by atoms with Gasteiger partial charge in [0.25, 0.3) is 0 Å². The zero-order valence-corrected chi connectivity index (χ0v) is 11.8. The van der Waals surface area contributed by atoms with Gasteiger partial charge in [0.15, 0.2) is 0 Å². The minimum absolute atomic E-state index is 0.0266. The fourth-order valence-corrected chi connectivity index (χ4v) is 3.76. The van der Waals surface area contributed by atoms with Crippen LogP contribution in [0.25, 0.3) is 0 Å². The SMILES string of the molecule is COC1(C(N)c2ccc(C)s2)CCC(C)CC1. The predicted octanol–water partition coefficient (Wildman–Crippen LogP) is 3.65. The number of nitrogens with two attached hydrogens (primary N) is 1. The van der Waals surface area contributed by atoms with Crippen LogP contribution in [0.4, 0.5) is 0 Å². The quantitative estimate of drug-likeness (QED) is 0.892. The minimum atomic E-state index is -0.135. The van der Waals surface area contributed by atoms with Gasteiger partial charge in [-0.1, -0.05) is 6.92 Å². The molecule has 2 rings (SSSR count). The average molecular weight is 253 g/mol. The smallest absolute Gasteiger partial charge is 0.0878 e. The third-order valence-corrected chi connectivity index (χ3v) is 5.25. The molecule has 1 aromatic rings. The zero-order chi connectivity index (χ0) is 12.5. The second kappa shape index (κ2) is 5.09. The van der Waals surface area contributed by atoms with Crippen LogP contribution in [0, 0.1) is 12.8 Å². The Balaban J connectivity index is 2.17. The summed E-state index contributed by atoms with van der Waals surface area (Å²) in [6, 6.07) is 4.33. The van der Waals surface area contributed by atoms with E-state index in [1.165, 1.54) is 22.6 Å². The predicted molar refractivity (Wildman–Crippen MR) is 73.4 cm³/mol. The third kappa shape index (κ3) is 2.56. The Morgan fingerprint density at radius 1 is 1.41 bits per heavy atom. The summed E-state index contributed by atoms with van der Waals surface area (Å²) in [5.41, 5.74) is 6.32. The zero-order valence-electron chi connectivity index (χ0n) is 11.0. The highest BCUT2D eigenvalue weighted by atomic mass is 32.1. The first-order valence-corrected chi connectivity index (χ1v) is 7.26. The Hall–Kier alpha value is -0.380. The molecular formula is C14H23NOS. The molecule has 0 radical (unpaired) electrons. The summed E-state index contributed by atoms with van der Waals surface area (Å²) >= 11 is 1.80. The van der Waals surface area contributed by atoms with Gasteiger partial charge in [-0.15, -0.1) is 11.3 Å². The van der Waals surface area contributed by atoms with E-state index < -0.39 is 0 Å². The van der Waals surface area contributed by atoms with E-state index in [2.05, 4.69) is 26.0 Å². The fourth-order valence-electron chi connectivity index (χ4n) is 2.77. The molecule has 3 heteroatoms. The molecular weight excluding hydrogens is 230 g/mol. The van der Waals surface area contributed by atoms with Gasteiger partial charge in [-0.2, -0.15) is 0 Å². The molecule has 2 nitrogen and oxygen atoms in total. The monoisotopic (exact) mass is 253 g/mol. The van der Waals surface area contributed by atoms with E-state index in [0.29, 0.717) is 0 Å². The summed E-state index contributed by atoms with van der Waals surface area (Å²) in [5.74, 6) is 0.815. The van der Waals surface area contributed by atoms with Crippen molar-refractivity contribution in [1.82, 2.24) is 0 Å². The Morgan fingerprint density at radius 3 is 2.53 bits per heavy atom. The first kappa shape index (κ1) is 13.1. The van der Waals surface area contributed by atoms with Crippen molar-refractivity contribution in [2.45, 2.75) is 51.2 Å². The molecule has 1 aliphatic carbocycles. The van der Waals surface area contributed by atoms with Crippen LogP contribution in [-0.2, 0) is 4.74 Å². The molecule has 0 aliphatic heterocycles. The molecule has 1 heterocycles. The topological polar surface area (TPSA) is 35.2 Å². The summed E-state index contributed by atoms with van der Waals surface area (Å²) in [6.45, 7) is 4.45. The summed E-state index contributed by atoms with van der Waals surface area (Å²) in [4.78, 5) is 2.59. The first-order chi connectivity index (χ1) is 8.07. The van der Waals surface area contributed by atoms with E-state index in [9.17, 15) is 0 Å². The molecule has 0 saturated heterocycles. The van der Waals surface area contributed by atoms with E-state index in [1.54, 1.807) is 11.3 Å². The third-order valence-electron chi connectivity index (χ3n) is 4.16. The second-order valence-corrected chi connectivity index (χ2v) is 6.70. The van der Waals surface area contributed by atoms with Gasteiger partial charge in [-0.3, -0.25) is 0 Å². The number of rotatable bonds is 3. The van der Waals surface area contributed by atoms with Crippen molar-refractivity contribution >= 4 is 11.3 Å². The molecule has 0 aromatic carbocycles. The number of methoxy groups -OCH3 is 1. The van der Waals surface area contributed by atoms with Crippen LogP contribution in [-0.4, -0.2) is 12.7 Å². The van der Waals surface area contributed by atoms with Gasteiger partial charge < -0.3 is 10.5 Å². The molecule has 0 bridgehead atoms. The second-order valence-electron chi connectivity index (χ2n) is 5.38. The van der Waals surface area contributed by atoms with Crippen LogP contribution in [0.1, 0.15) is 48.4 Å². The van der Waals surface area contributed by atoms with Gasteiger partial charge >= 0.3 is 0 Å². The number of hydrogen-bond acceptors (Lipinski definition) is 3. The number of hydrogen-bond donors (Lipinski definition) is 1. The highest BCUT2D eigenvalue weighted by molar-refractivity contribution is 7.12. The molecule has 1 saturated carbocycles. The molecule has 1 atom stereocenters. The van der Waals surface area contributed by atoms with Crippen molar-refractivity contribution < 1.29 is 4.74 Å². The maximum Gasteiger partial charge on any atom is 0.0878 e. The highest BCUT2D eigenvalue weighted by Gasteiger charge is 2.40. The van der Waals surface area contributed by atoms with Crippen LogP contribution in [0.15, 0.2) is 12.1 Å². The van der Waals surface area contributed by atoms with E-state index in [1.807, 2.05) is 7.11 Å². The molecule has 1 fully saturated rings. The van der Waals surface area contributed by atoms with E-state index >= 15 is 0 Å². The molecule has 1 aromatic heterocycles. The van der Waals surface area contributed by atoms with E-state index in [4.69, 9.17) is 10.5 Å². The number of ether oxygens (including phenoxy) is 1. The van der Waals surface area contributed by atoms with Crippen molar-refractivity contribution in [3.63, 3.8) is 0 Å². The Bertz CT molecular complexity index is 366. The minimum Gasteiger partial charge on any atom is -0.376 e. The molecule has 0 spiro atoms. The lowest BCUT2D eigenvalue weighted by Gasteiger charge is -2.42. The molecule has 17 heavy (non-hydrogen) atoms. The lowest BCUT2D eigenvalue weighted by Crippen LogP contribution is -2.45.